The fourth-order valence-corrected chi connectivity index (χ4v) is 2.36. The summed E-state index contributed by atoms with van der Waals surface area (Å²) in [7, 11) is 0. The number of nitro groups is 1. The first-order valence-electron chi connectivity index (χ1n) is 5.84. The van der Waals surface area contributed by atoms with Crippen molar-refractivity contribution in [1.82, 2.24) is 0 Å². The number of benzene rings is 1. The van der Waals surface area contributed by atoms with E-state index in [1.807, 2.05) is 18.4 Å². The van der Waals surface area contributed by atoms with Gasteiger partial charge in [0.05, 0.1) is 27.9 Å². The van der Waals surface area contributed by atoms with Gasteiger partial charge < -0.3 is 9.73 Å². The van der Waals surface area contributed by atoms with Gasteiger partial charge in [-0.2, -0.15) is 11.8 Å². The summed E-state index contributed by atoms with van der Waals surface area (Å²) in [5, 5.41) is 14.0. The van der Waals surface area contributed by atoms with Gasteiger partial charge in [-0.05, 0) is 24.5 Å². The van der Waals surface area contributed by atoms with Crippen LogP contribution in [0.3, 0.4) is 0 Å². The van der Waals surface area contributed by atoms with Crippen molar-refractivity contribution in [2.24, 2.45) is 0 Å². The Balaban J connectivity index is 2.01. The van der Waals surface area contributed by atoms with Crippen LogP contribution >= 0.6 is 23.4 Å². The van der Waals surface area contributed by atoms with Crippen molar-refractivity contribution in [3.8, 4) is 0 Å². The Kier molecular flexibility index (Phi) is 4.92. The molecule has 0 spiro atoms. The molecule has 2 rings (SSSR count). The third kappa shape index (κ3) is 3.68. The molecule has 106 valence electrons. The second-order valence-electron chi connectivity index (χ2n) is 4.08. The number of rotatable bonds is 6. The van der Waals surface area contributed by atoms with Crippen LogP contribution in [-0.2, 0) is 12.3 Å². The first kappa shape index (κ1) is 14.7. The maximum absolute atomic E-state index is 10.6. The summed E-state index contributed by atoms with van der Waals surface area (Å²) in [6.07, 6.45) is 2.01. The van der Waals surface area contributed by atoms with Crippen molar-refractivity contribution in [2.75, 3.05) is 11.6 Å². The minimum Gasteiger partial charge on any atom is -0.463 e. The number of halogens is 1. The third-order valence-electron chi connectivity index (χ3n) is 2.62. The van der Waals surface area contributed by atoms with Crippen LogP contribution in [0, 0.1) is 10.1 Å². The van der Waals surface area contributed by atoms with Crippen molar-refractivity contribution < 1.29 is 9.34 Å². The zero-order chi connectivity index (χ0) is 14.5. The second-order valence-corrected chi connectivity index (χ2v) is 5.35. The van der Waals surface area contributed by atoms with E-state index in [9.17, 15) is 10.1 Å². The number of hydrogen-bond donors (Lipinski definition) is 1. The predicted molar refractivity (Wildman–Crippen MR) is 81.4 cm³/mol. The van der Waals surface area contributed by atoms with E-state index in [1.165, 1.54) is 12.1 Å². The van der Waals surface area contributed by atoms with E-state index in [4.69, 9.17) is 16.0 Å². The van der Waals surface area contributed by atoms with Gasteiger partial charge in [0, 0.05) is 12.1 Å². The smallest absolute Gasteiger partial charge is 0.271 e. The molecule has 2 aromatic rings. The lowest BCUT2D eigenvalue weighted by Crippen LogP contribution is -1.99. The van der Waals surface area contributed by atoms with Crippen molar-refractivity contribution in [1.29, 1.82) is 0 Å². The van der Waals surface area contributed by atoms with Crippen LogP contribution < -0.4 is 5.32 Å². The number of nitro benzene ring substituents is 1. The SMILES string of the molecule is CSCc1ccc(CNc2ccc([N+](=O)[O-])cc2Cl)o1. The van der Waals surface area contributed by atoms with Gasteiger partial charge in [0.1, 0.15) is 11.5 Å². The summed E-state index contributed by atoms with van der Waals surface area (Å²) >= 11 is 7.68. The number of anilines is 1. The maximum atomic E-state index is 10.6. The van der Waals surface area contributed by atoms with Crippen LogP contribution in [0.1, 0.15) is 11.5 Å². The number of nitrogens with one attached hydrogen (secondary N) is 1. The highest BCUT2D eigenvalue weighted by atomic mass is 35.5. The van der Waals surface area contributed by atoms with Crippen molar-refractivity contribution in [3.63, 3.8) is 0 Å². The molecule has 0 saturated carbocycles. The molecule has 20 heavy (non-hydrogen) atoms. The summed E-state index contributed by atoms with van der Waals surface area (Å²) in [5.41, 5.74) is 0.612. The van der Waals surface area contributed by atoms with Crippen LogP contribution in [0.2, 0.25) is 5.02 Å². The number of thioether (sulfide) groups is 1. The Morgan fingerprint density at radius 3 is 2.75 bits per heavy atom. The lowest BCUT2D eigenvalue weighted by atomic mass is 10.3. The quantitative estimate of drug-likeness (QED) is 0.635. The van der Waals surface area contributed by atoms with Crippen molar-refractivity contribution in [2.45, 2.75) is 12.3 Å². The van der Waals surface area contributed by atoms with E-state index >= 15 is 0 Å². The van der Waals surface area contributed by atoms with Gasteiger partial charge in [0.2, 0.25) is 0 Å². The molecule has 0 atom stereocenters. The van der Waals surface area contributed by atoms with Crippen molar-refractivity contribution >= 4 is 34.7 Å². The molecule has 1 heterocycles. The first-order valence-corrected chi connectivity index (χ1v) is 7.61. The highest BCUT2D eigenvalue weighted by Gasteiger charge is 2.09. The summed E-state index contributed by atoms with van der Waals surface area (Å²) in [6.45, 7) is 0.478. The molecule has 0 aliphatic heterocycles. The maximum Gasteiger partial charge on any atom is 0.271 e. The lowest BCUT2D eigenvalue weighted by molar-refractivity contribution is -0.384. The van der Waals surface area contributed by atoms with E-state index < -0.39 is 4.92 Å². The van der Waals surface area contributed by atoms with E-state index in [1.54, 1.807) is 17.8 Å². The number of nitrogens with zero attached hydrogens (tertiary/aromatic N) is 1. The molecule has 0 amide bonds. The zero-order valence-corrected chi connectivity index (χ0v) is 12.3. The van der Waals surface area contributed by atoms with Crippen molar-refractivity contribution in [3.05, 3.63) is 57.0 Å². The molecule has 0 saturated heterocycles. The molecule has 0 aliphatic rings. The van der Waals surface area contributed by atoms with Crippen LogP contribution in [0.5, 0.6) is 0 Å². The van der Waals surface area contributed by atoms with Gasteiger partial charge in [-0.1, -0.05) is 11.6 Å². The molecule has 0 fully saturated rings. The largest absolute Gasteiger partial charge is 0.463 e. The van der Waals surface area contributed by atoms with Gasteiger partial charge >= 0.3 is 0 Å². The van der Waals surface area contributed by atoms with Gasteiger partial charge in [-0.15, -0.1) is 0 Å². The topological polar surface area (TPSA) is 68.3 Å². The van der Waals surface area contributed by atoms with Crippen LogP contribution in [-0.4, -0.2) is 11.2 Å². The normalized spacial score (nSPS) is 10.5. The Morgan fingerprint density at radius 1 is 1.35 bits per heavy atom. The van der Waals surface area contributed by atoms with Gasteiger partial charge in [0.15, 0.2) is 0 Å². The Labute approximate surface area is 125 Å². The summed E-state index contributed by atoms with van der Waals surface area (Å²) in [4.78, 5) is 10.1. The average molecular weight is 313 g/mol. The van der Waals surface area contributed by atoms with E-state index in [-0.39, 0.29) is 5.69 Å². The molecule has 0 radical (unpaired) electrons. The molecule has 1 N–H and O–H groups in total. The molecule has 0 bridgehead atoms. The Bertz CT molecular complexity index is 615. The summed E-state index contributed by atoms with van der Waals surface area (Å²) < 4.78 is 5.61. The molecule has 5 nitrogen and oxygen atoms in total. The van der Waals surface area contributed by atoms with E-state index in [0.29, 0.717) is 17.3 Å². The van der Waals surface area contributed by atoms with Crippen LogP contribution in [0.15, 0.2) is 34.7 Å². The highest BCUT2D eigenvalue weighted by Crippen LogP contribution is 2.27. The first-order chi connectivity index (χ1) is 9.60. The Morgan fingerprint density at radius 2 is 2.10 bits per heavy atom. The third-order valence-corrected chi connectivity index (χ3v) is 3.51. The number of furan rings is 1. The molecular weight excluding hydrogens is 300 g/mol. The van der Waals surface area contributed by atoms with Crippen LogP contribution in [0.4, 0.5) is 11.4 Å². The predicted octanol–water partition coefficient (Wildman–Crippen LogP) is 4.32. The minimum absolute atomic E-state index is 0.0270. The Hall–Kier alpha value is -1.66. The number of non-ortho nitro benzene ring substituents is 1. The average Bonchev–Trinajstić information content (AvgIpc) is 2.85. The molecule has 1 aromatic carbocycles. The van der Waals surface area contributed by atoms with E-state index in [2.05, 4.69) is 5.32 Å². The summed E-state index contributed by atoms with van der Waals surface area (Å²) in [6, 6.07) is 8.16. The fraction of sp³-hybridized carbons (Fsp3) is 0.231. The lowest BCUT2D eigenvalue weighted by Gasteiger charge is -2.06. The molecule has 0 unspecified atom stereocenters. The molecular formula is C13H13ClN2O3S. The molecule has 0 aliphatic carbocycles. The standard InChI is InChI=1S/C13H13ClN2O3S/c1-20-8-11-4-3-10(19-11)7-15-13-5-2-9(16(17)18)6-12(13)14/h2-6,15H,7-8H2,1H3. The van der Waals surface area contributed by atoms with Gasteiger partial charge in [-0.3, -0.25) is 10.1 Å². The van der Waals surface area contributed by atoms with Crippen LogP contribution in [0.25, 0.3) is 0 Å². The minimum atomic E-state index is -0.475. The monoisotopic (exact) mass is 312 g/mol. The molecule has 1 aromatic heterocycles. The zero-order valence-electron chi connectivity index (χ0n) is 10.8. The van der Waals surface area contributed by atoms with E-state index in [0.717, 1.165) is 17.3 Å². The fourth-order valence-electron chi connectivity index (χ4n) is 1.68. The number of hydrogen-bond acceptors (Lipinski definition) is 5. The second kappa shape index (κ2) is 6.67. The van der Waals surface area contributed by atoms with Gasteiger partial charge in [0.25, 0.3) is 5.69 Å². The summed E-state index contributed by atoms with van der Waals surface area (Å²) in [5.74, 6) is 2.55. The van der Waals surface area contributed by atoms with Gasteiger partial charge in [-0.25, -0.2) is 0 Å². The highest BCUT2D eigenvalue weighted by molar-refractivity contribution is 7.97. The molecule has 7 heteroatoms.